The van der Waals surface area contributed by atoms with E-state index < -0.39 is 0 Å². The molecule has 0 unspecified atom stereocenters. The molecule has 0 spiro atoms. The zero-order valence-electron chi connectivity index (χ0n) is 12.3. The summed E-state index contributed by atoms with van der Waals surface area (Å²) in [6.07, 6.45) is 1.63. The van der Waals surface area contributed by atoms with E-state index in [-0.39, 0.29) is 12.5 Å². The van der Waals surface area contributed by atoms with Crippen LogP contribution in [0.4, 0.5) is 0 Å². The summed E-state index contributed by atoms with van der Waals surface area (Å²) in [7, 11) is 0. The van der Waals surface area contributed by atoms with Gasteiger partial charge < -0.3 is 9.84 Å². The fraction of sp³-hybridized carbons (Fsp3) is 0.375. The highest BCUT2D eigenvalue weighted by Gasteiger charge is 2.11. The lowest BCUT2D eigenvalue weighted by atomic mass is 10.1. The molecule has 106 valence electrons. The normalized spacial score (nSPS) is 10.9. The highest BCUT2D eigenvalue weighted by molar-refractivity contribution is 5.38. The minimum Gasteiger partial charge on any atom is -0.454 e. The van der Waals surface area contributed by atoms with Crippen LogP contribution in [0.3, 0.4) is 0 Å². The van der Waals surface area contributed by atoms with Gasteiger partial charge in [0.25, 0.3) is 0 Å². The van der Waals surface area contributed by atoms with E-state index in [0.29, 0.717) is 17.3 Å². The van der Waals surface area contributed by atoms with E-state index in [1.807, 2.05) is 39.0 Å². The molecule has 0 fully saturated rings. The molecule has 0 aliphatic carbocycles. The Hall–Kier alpha value is -1.94. The lowest BCUT2D eigenvalue weighted by Gasteiger charge is -2.12. The van der Waals surface area contributed by atoms with Crippen LogP contribution in [0.2, 0.25) is 0 Å². The van der Waals surface area contributed by atoms with Crippen molar-refractivity contribution in [3.8, 4) is 11.5 Å². The smallest absolute Gasteiger partial charge is 0.169 e. The van der Waals surface area contributed by atoms with Crippen molar-refractivity contribution in [2.75, 3.05) is 0 Å². The molecular formula is C16H20N2O2. The number of hydrogen-bond acceptors (Lipinski definition) is 4. The Kier molecular flexibility index (Phi) is 4.35. The average molecular weight is 272 g/mol. The molecule has 0 amide bonds. The molecule has 1 aromatic carbocycles. The number of benzene rings is 1. The number of aryl methyl sites for hydroxylation is 2. The van der Waals surface area contributed by atoms with E-state index in [9.17, 15) is 5.11 Å². The van der Waals surface area contributed by atoms with Gasteiger partial charge in [-0.3, -0.25) is 0 Å². The van der Waals surface area contributed by atoms with E-state index in [0.717, 1.165) is 11.3 Å². The largest absolute Gasteiger partial charge is 0.454 e. The second kappa shape index (κ2) is 6.01. The Bertz CT molecular complexity index is 609. The van der Waals surface area contributed by atoms with Crippen LogP contribution in [0.25, 0.3) is 0 Å². The number of nitrogens with zero attached hydrogens (tertiary/aromatic N) is 2. The fourth-order valence-electron chi connectivity index (χ4n) is 1.80. The van der Waals surface area contributed by atoms with E-state index in [2.05, 4.69) is 16.9 Å². The second-order valence-corrected chi connectivity index (χ2v) is 5.20. The van der Waals surface area contributed by atoms with Crippen molar-refractivity contribution in [3.63, 3.8) is 0 Å². The molecule has 0 bridgehead atoms. The third-order valence-electron chi connectivity index (χ3n) is 3.22. The minimum atomic E-state index is -0.164. The summed E-state index contributed by atoms with van der Waals surface area (Å²) in [6, 6.07) is 5.87. The third-order valence-corrected chi connectivity index (χ3v) is 3.22. The van der Waals surface area contributed by atoms with Crippen LogP contribution in [-0.4, -0.2) is 15.1 Å². The van der Waals surface area contributed by atoms with Gasteiger partial charge in [0, 0.05) is 5.92 Å². The van der Waals surface area contributed by atoms with Crippen LogP contribution in [0.5, 0.6) is 11.5 Å². The van der Waals surface area contributed by atoms with Crippen molar-refractivity contribution < 1.29 is 9.84 Å². The number of aliphatic hydroxyl groups is 1. The first kappa shape index (κ1) is 14.5. The maximum Gasteiger partial charge on any atom is 0.169 e. The van der Waals surface area contributed by atoms with Crippen molar-refractivity contribution in [2.24, 2.45) is 0 Å². The first-order valence-electron chi connectivity index (χ1n) is 6.73. The Morgan fingerprint density at radius 2 is 1.95 bits per heavy atom. The summed E-state index contributed by atoms with van der Waals surface area (Å²) in [5.41, 5.74) is 2.89. The fourth-order valence-corrected chi connectivity index (χ4v) is 1.80. The summed E-state index contributed by atoms with van der Waals surface area (Å²) in [6.45, 7) is 7.95. The number of rotatable bonds is 4. The standard InChI is InChI=1S/C16H20N2O2/c1-10(2)16-17-8-15(14(9-19)18-16)20-13-6-5-11(3)12(4)7-13/h5-8,10,19H,9H2,1-4H3. The maximum absolute atomic E-state index is 9.43. The molecule has 0 aliphatic rings. The molecule has 0 saturated carbocycles. The first-order valence-corrected chi connectivity index (χ1v) is 6.73. The monoisotopic (exact) mass is 272 g/mol. The second-order valence-electron chi connectivity index (χ2n) is 5.20. The van der Waals surface area contributed by atoms with E-state index in [1.165, 1.54) is 5.56 Å². The van der Waals surface area contributed by atoms with Crippen molar-refractivity contribution >= 4 is 0 Å². The van der Waals surface area contributed by atoms with Gasteiger partial charge in [-0.1, -0.05) is 19.9 Å². The minimum absolute atomic E-state index is 0.164. The number of hydrogen-bond donors (Lipinski definition) is 1. The van der Waals surface area contributed by atoms with Gasteiger partial charge in [0.2, 0.25) is 0 Å². The van der Waals surface area contributed by atoms with Crippen molar-refractivity contribution in [2.45, 2.75) is 40.2 Å². The molecule has 0 radical (unpaired) electrons. The summed E-state index contributed by atoms with van der Waals surface area (Å²) in [4.78, 5) is 8.62. The van der Waals surface area contributed by atoms with Gasteiger partial charge in [0.05, 0.1) is 12.8 Å². The predicted octanol–water partition coefficient (Wildman–Crippen LogP) is 3.50. The quantitative estimate of drug-likeness (QED) is 0.925. The molecule has 0 aliphatic heterocycles. The topological polar surface area (TPSA) is 55.2 Å². The number of aliphatic hydroxyl groups excluding tert-OH is 1. The molecule has 2 rings (SSSR count). The van der Waals surface area contributed by atoms with Gasteiger partial charge in [-0.15, -0.1) is 0 Å². The van der Waals surface area contributed by atoms with Gasteiger partial charge >= 0.3 is 0 Å². The molecule has 4 nitrogen and oxygen atoms in total. The molecule has 20 heavy (non-hydrogen) atoms. The third kappa shape index (κ3) is 3.14. The van der Waals surface area contributed by atoms with Gasteiger partial charge in [-0.05, 0) is 37.1 Å². The van der Waals surface area contributed by atoms with E-state index >= 15 is 0 Å². The molecule has 4 heteroatoms. The van der Waals surface area contributed by atoms with Gasteiger partial charge in [-0.2, -0.15) is 0 Å². The number of ether oxygens (including phenoxy) is 1. The van der Waals surface area contributed by atoms with Crippen LogP contribution in [-0.2, 0) is 6.61 Å². The summed E-state index contributed by atoms with van der Waals surface area (Å²) >= 11 is 0. The van der Waals surface area contributed by atoms with Crippen molar-refractivity contribution in [3.05, 3.63) is 47.0 Å². The predicted molar refractivity (Wildman–Crippen MR) is 78.0 cm³/mol. The zero-order chi connectivity index (χ0) is 14.7. The highest BCUT2D eigenvalue weighted by Crippen LogP contribution is 2.26. The van der Waals surface area contributed by atoms with Crippen LogP contribution in [0.15, 0.2) is 24.4 Å². The molecule has 2 aromatic rings. The van der Waals surface area contributed by atoms with Crippen molar-refractivity contribution in [1.29, 1.82) is 0 Å². The van der Waals surface area contributed by atoms with Gasteiger partial charge in [0.1, 0.15) is 17.3 Å². The molecule has 1 heterocycles. The average Bonchev–Trinajstić information content (AvgIpc) is 2.43. The Morgan fingerprint density at radius 1 is 1.20 bits per heavy atom. The molecule has 0 atom stereocenters. The van der Waals surface area contributed by atoms with Crippen LogP contribution in [0.1, 0.15) is 42.4 Å². The van der Waals surface area contributed by atoms with Crippen LogP contribution < -0.4 is 4.74 Å². The SMILES string of the molecule is Cc1ccc(Oc2cnc(C(C)C)nc2CO)cc1C. The van der Waals surface area contributed by atoms with Crippen LogP contribution in [0, 0.1) is 13.8 Å². The summed E-state index contributed by atoms with van der Waals surface area (Å²) in [5, 5.41) is 9.43. The molecule has 1 N–H and O–H groups in total. The van der Waals surface area contributed by atoms with E-state index in [4.69, 9.17) is 4.74 Å². The molecule has 0 saturated heterocycles. The Labute approximate surface area is 119 Å². The maximum atomic E-state index is 9.43. The van der Waals surface area contributed by atoms with Crippen molar-refractivity contribution in [1.82, 2.24) is 9.97 Å². The lowest BCUT2D eigenvalue weighted by Crippen LogP contribution is -2.03. The lowest BCUT2D eigenvalue weighted by molar-refractivity contribution is 0.270. The van der Waals surface area contributed by atoms with Crippen LogP contribution >= 0.6 is 0 Å². The first-order chi connectivity index (χ1) is 9.51. The molecular weight excluding hydrogens is 252 g/mol. The van der Waals surface area contributed by atoms with Gasteiger partial charge in [-0.25, -0.2) is 9.97 Å². The highest BCUT2D eigenvalue weighted by atomic mass is 16.5. The zero-order valence-corrected chi connectivity index (χ0v) is 12.3. The Morgan fingerprint density at radius 3 is 2.55 bits per heavy atom. The summed E-state index contributed by atoms with van der Waals surface area (Å²) in [5.74, 6) is 2.15. The molecule has 1 aromatic heterocycles. The summed E-state index contributed by atoms with van der Waals surface area (Å²) < 4.78 is 5.79. The van der Waals surface area contributed by atoms with Gasteiger partial charge in [0.15, 0.2) is 5.75 Å². The number of aromatic nitrogens is 2. The Balaban J connectivity index is 2.30. The van der Waals surface area contributed by atoms with E-state index in [1.54, 1.807) is 6.20 Å².